The monoisotopic (exact) mass is 348 g/mol. The highest BCUT2D eigenvalue weighted by atomic mass is 16.2. The first-order chi connectivity index (χ1) is 11.6. The normalized spacial score (nSPS) is 27.8. The molecular weight excluding hydrogens is 312 g/mol. The van der Waals surface area contributed by atoms with E-state index >= 15 is 0 Å². The van der Waals surface area contributed by atoms with E-state index in [0.29, 0.717) is 0 Å². The van der Waals surface area contributed by atoms with Crippen LogP contribution < -0.4 is 0 Å². The average Bonchev–Trinajstić information content (AvgIpc) is 3.05. The Labute approximate surface area is 153 Å². The Hall–Kier alpha value is -1.32. The summed E-state index contributed by atoms with van der Waals surface area (Å²) in [5, 5.41) is 0. The lowest BCUT2D eigenvalue weighted by atomic mass is 9.80. The van der Waals surface area contributed by atoms with Crippen LogP contribution in [0.15, 0.2) is 12.2 Å². The third kappa shape index (κ3) is 3.63. The van der Waals surface area contributed by atoms with E-state index in [2.05, 4.69) is 67.5 Å². The van der Waals surface area contributed by atoms with Crippen LogP contribution in [0.5, 0.6) is 0 Å². The lowest BCUT2D eigenvalue weighted by molar-refractivity contribution is -0.151. The summed E-state index contributed by atoms with van der Waals surface area (Å²) in [6.45, 7) is 16.5. The molecule has 2 rings (SSSR count). The van der Waals surface area contributed by atoms with Gasteiger partial charge in [0, 0.05) is 24.2 Å². The van der Waals surface area contributed by atoms with Gasteiger partial charge in [0.15, 0.2) is 0 Å². The van der Waals surface area contributed by atoms with Crippen LogP contribution in [0.2, 0.25) is 0 Å². The van der Waals surface area contributed by atoms with Crippen molar-refractivity contribution in [3.05, 3.63) is 12.2 Å². The molecule has 4 unspecified atom stereocenters. The van der Waals surface area contributed by atoms with E-state index < -0.39 is 0 Å². The number of amides is 2. The highest BCUT2D eigenvalue weighted by molar-refractivity contribution is 5.90. The predicted octanol–water partition coefficient (Wildman–Crippen LogP) is 3.72. The molecule has 2 amide bonds. The van der Waals surface area contributed by atoms with Crippen molar-refractivity contribution in [3.8, 4) is 0 Å². The van der Waals surface area contributed by atoms with Gasteiger partial charge in [-0.2, -0.15) is 0 Å². The van der Waals surface area contributed by atoms with Crippen molar-refractivity contribution in [2.45, 2.75) is 86.0 Å². The number of nitrogens with zero attached hydrogens (tertiary/aromatic N) is 2. The van der Waals surface area contributed by atoms with Gasteiger partial charge >= 0.3 is 0 Å². The summed E-state index contributed by atoms with van der Waals surface area (Å²) in [5.74, 6) is 0.347. The molecule has 0 aromatic carbocycles. The highest BCUT2D eigenvalue weighted by Crippen LogP contribution is 2.50. The van der Waals surface area contributed by atoms with Gasteiger partial charge in [0.05, 0.1) is 11.8 Å². The zero-order valence-electron chi connectivity index (χ0n) is 17.2. The molecule has 4 nitrogen and oxygen atoms in total. The quantitative estimate of drug-likeness (QED) is 0.687. The van der Waals surface area contributed by atoms with E-state index in [1.54, 1.807) is 0 Å². The van der Waals surface area contributed by atoms with Gasteiger partial charge in [-0.25, -0.2) is 0 Å². The molecule has 0 spiro atoms. The van der Waals surface area contributed by atoms with Crippen LogP contribution in [0.25, 0.3) is 0 Å². The first-order valence-electron chi connectivity index (χ1n) is 9.90. The second-order valence-corrected chi connectivity index (χ2v) is 8.87. The summed E-state index contributed by atoms with van der Waals surface area (Å²) in [6, 6.07) is 0.602. The number of rotatable bonds is 6. The van der Waals surface area contributed by atoms with Gasteiger partial charge in [0.25, 0.3) is 0 Å². The fourth-order valence-electron chi connectivity index (χ4n) is 5.05. The summed E-state index contributed by atoms with van der Waals surface area (Å²) in [5.41, 5.74) is 0. The second-order valence-electron chi connectivity index (χ2n) is 8.87. The standard InChI is InChI=1S/C21H36N2O2/c1-12(2)22(13(3)4)20(24)18-16-9-10-17(11-16)19(18)21(25)23(14(5)6)15(7)8/h9-10,12-19H,11H2,1-8H3. The first-order valence-corrected chi connectivity index (χ1v) is 9.90. The minimum Gasteiger partial charge on any atom is -0.338 e. The third-order valence-corrected chi connectivity index (χ3v) is 5.76. The topological polar surface area (TPSA) is 40.6 Å². The summed E-state index contributed by atoms with van der Waals surface area (Å²) < 4.78 is 0. The molecule has 2 aliphatic rings. The molecular formula is C21H36N2O2. The maximum atomic E-state index is 13.4. The number of hydrogen-bond acceptors (Lipinski definition) is 2. The Bertz CT molecular complexity index is 474. The van der Waals surface area contributed by atoms with Crippen LogP contribution in [-0.4, -0.2) is 45.8 Å². The Morgan fingerprint density at radius 2 is 0.960 bits per heavy atom. The van der Waals surface area contributed by atoms with Gasteiger partial charge in [-0.3, -0.25) is 9.59 Å². The Morgan fingerprint density at radius 3 is 1.20 bits per heavy atom. The number of hydrogen-bond donors (Lipinski definition) is 0. The van der Waals surface area contributed by atoms with Gasteiger partial charge in [-0.1, -0.05) is 12.2 Å². The number of carbonyl (C=O) groups is 2. The van der Waals surface area contributed by atoms with Crippen molar-refractivity contribution < 1.29 is 9.59 Å². The summed E-state index contributed by atoms with van der Waals surface area (Å²) in [7, 11) is 0. The van der Waals surface area contributed by atoms with Crippen LogP contribution >= 0.6 is 0 Å². The molecule has 4 heteroatoms. The zero-order chi connectivity index (χ0) is 19.0. The van der Waals surface area contributed by atoms with Crippen LogP contribution in [0.1, 0.15) is 61.8 Å². The van der Waals surface area contributed by atoms with E-state index in [-0.39, 0.29) is 59.7 Å². The SMILES string of the molecule is CC(C)N(C(=O)C1C2C=CC(C2)C1C(=O)N(C(C)C)C(C)C)C(C)C. The first kappa shape index (κ1) is 20.0. The van der Waals surface area contributed by atoms with Crippen molar-refractivity contribution in [1.82, 2.24) is 9.80 Å². The van der Waals surface area contributed by atoms with E-state index in [1.807, 2.05) is 9.80 Å². The van der Waals surface area contributed by atoms with E-state index in [9.17, 15) is 9.59 Å². The van der Waals surface area contributed by atoms with Crippen LogP contribution in [0.4, 0.5) is 0 Å². The fourth-order valence-corrected chi connectivity index (χ4v) is 5.05. The Balaban J connectivity index is 2.35. The van der Waals surface area contributed by atoms with Crippen LogP contribution in [-0.2, 0) is 9.59 Å². The number of allylic oxidation sites excluding steroid dienone is 2. The molecule has 4 atom stereocenters. The summed E-state index contributed by atoms with van der Waals surface area (Å²) >= 11 is 0. The lowest BCUT2D eigenvalue weighted by Crippen LogP contribution is -2.53. The Morgan fingerprint density at radius 1 is 0.680 bits per heavy atom. The van der Waals surface area contributed by atoms with E-state index in [0.717, 1.165) is 6.42 Å². The van der Waals surface area contributed by atoms with Crippen molar-refractivity contribution in [2.75, 3.05) is 0 Å². The third-order valence-electron chi connectivity index (χ3n) is 5.76. The molecule has 1 fully saturated rings. The molecule has 0 aromatic rings. The van der Waals surface area contributed by atoms with Gasteiger partial charge < -0.3 is 9.80 Å². The molecule has 0 aliphatic heterocycles. The van der Waals surface area contributed by atoms with Crippen molar-refractivity contribution >= 4 is 11.8 Å². The Kier molecular flexibility index (Phi) is 6.01. The number of fused-ring (bicyclic) bond motifs is 2. The minimum atomic E-state index is -0.202. The molecule has 0 saturated heterocycles. The maximum Gasteiger partial charge on any atom is 0.227 e. The molecule has 0 N–H and O–H groups in total. The predicted molar refractivity (Wildman–Crippen MR) is 102 cm³/mol. The second kappa shape index (κ2) is 7.51. The molecule has 2 aliphatic carbocycles. The van der Waals surface area contributed by atoms with Crippen molar-refractivity contribution in [2.24, 2.45) is 23.7 Å². The molecule has 0 heterocycles. The van der Waals surface area contributed by atoms with Crippen LogP contribution in [0.3, 0.4) is 0 Å². The fraction of sp³-hybridized carbons (Fsp3) is 0.810. The smallest absolute Gasteiger partial charge is 0.227 e. The van der Waals surface area contributed by atoms with E-state index in [4.69, 9.17) is 0 Å². The largest absolute Gasteiger partial charge is 0.338 e. The van der Waals surface area contributed by atoms with Crippen molar-refractivity contribution in [3.63, 3.8) is 0 Å². The summed E-state index contributed by atoms with van der Waals surface area (Å²) in [6.07, 6.45) is 5.29. The van der Waals surface area contributed by atoms with Gasteiger partial charge in [-0.05, 0) is 73.6 Å². The average molecular weight is 349 g/mol. The van der Waals surface area contributed by atoms with Crippen molar-refractivity contribution in [1.29, 1.82) is 0 Å². The molecule has 2 bridgehead atoms. The summed E-state index contributed by atoms with van der Waals surface area (Å²) in [4.78, 5) is 30.8. The van der Waals surface area contributed by atoms with E-state index in [1.165, 1.54) is 0 Å². The molecule has 0 aromatic heterocycles. The lowest BCUT2D eigenvalue weighted by Gasteiger charge is -2.40. The number of carbonyl (C=O) groups excluding carboxylic acids is 2. The maximum absolute atomic E-state index is 13.4. The van der Waals surface area contributed by atoms with Gasteiger partial charge in [0.2, 0.25) is 11.8 Å². The molecule has 25 heavy (non-hydrogen) atoms. The van der Waals surface area contributed by atoms with Gasteiger partial charge in [-0.15, -0.1) is 0 Å². The molecule has 0 radical (unpaired) electrons. The van der Waals surface area contributed by atoms with Crippen LogP contribution in [0, 0.1) is 23.7 Å². The molecule has 1 saturated carbocycles. The zero-order valence-corrected chi connectivity index (χ0v) is 17.2. The molecule has 142 valence electrons. The van der Waals surface area contributed by atoms with Gasteiger partial charge in [0.1, 0.15) is 0 Å². The minimum absolute atomic E-state index is 0.151. The highest BCUT2D eigenvalue weighted by Gasteiger charge is 2.54.